The van der Waals surface area contributed by atoms with Crippen LogP contribution in [0.3, 0.4) is 0 Å². The zero-order valence-electron chi connectivity index (χ0n) is 18.9. The van der Waals surface area contributed by atoms with Crippen LogP contribution in [0, 0.1) is 0 Å². The van der Waals surface area contributed by atoms with Gasteiger partial charge in [-0.1, -0.05) is 0 Å². The highest BCUT2D eigenvalue weighted by Crippen LogP contribution is 2.43. The monoisotopic (exact) mass is 444 g/mol. The van der Waals surface area contributed by atoms with Crippen LogP contribution in [0.2, 0.25) is 0 Å². The van der Waals surface area contributed by atoms with Crippen LogP contribution in [0.4, 0.5) is 14.9 Å². The molecule has 8 heteroatoms. The number of carbonyl (C=O) groups excluding carboxylic acids is 1. The normalized spacial score (nSPS) is 22.8. The number of fused-ring (bicyclic) bond motifs is 1. The number of anilines is 1. The lowest BCUT2D eigenvalue weighted by Gasteiger charge is -2.37. The maximum atomic E-state index is 15.3. The standard InChI is InChI=1S/C24H33FN4O3/c1-15-6-7-19-21(29(15)24(30)31-2)9-8-18(22(19)32-17-4-3-5-17)20(14-26)23(25)28-16-10-12-27-13-11-16/h8-9,14-17,27H,3-7,10-13,26H2,1-2H3/t15-/m0/s1. The van der Waals surface area contributed by atoms with Crippen LogP contribution < -0.4 is 20.7 Å². The average molecular weight is 445 g/mol. The van der Waals surface area contributed by atoms with Crippen LogP contribution in [0.15, 0.2) is 23.3 Å². The van der Waals surface area contributed by atoms with Gasteiger partial charge in [0.15, 0.2) is 0 Å². The molecule has 3 aliphatic rings. The number of aliphatic imine (C=N–C) groups is 1. The van der Waals surface area contributed by atoms with Crippen molar-refractivity contribution >= 4 is 23.3 Å². The van der Waals surface area contributed by atoms with Gasteiger partial charge < -0.3 is 20.5 Å². The molecule has 1 atom stereocenters. The Morgan fingerprint density at radius 3 is 2.62 bits per heavy atom. The molecule has 3 N–H and O–H groups in total. The molecule has 7 nitrogen and oxygen atoms in total. The van der Waals surface area contributed by atoms with Crippen LogP contribution in [0.1, 0.15) is 56.6 Å². The Morgan fingerprint density at radius 1 is 1.25 bits per heavy atom. The maximum absolute atomic E-state index is 15.3. The zero-order chi connectivity index (χ0) is 22.7. The Bertz CT molecular complexity index is 907. The van der Waals surface area contributed by atoms with E-state index < -0.39 is 12.1 Å². The molecule has 32 heavy (non-hydrogen) atoms. The van der Waals surface area contributed by atoms with E-state index in [1.165, 1.54) is 13.3 Å². The van der Waals surface area contributed by atoms with Gasteiger partial charge in [0.25, 0.3) is 0 Å². The predicted molar refractivity (Wildman–Crippen MR) is 124 cm³/mol. The summed E-state index contributed by atoms with van der Waals surface area (Å²) in [5.74, 6) is 0.0483. The van der Waals surface area contributed by atoms with Crippen molar-refractivity contribution < 1.29 is 18.7 Å². The number of carbonyl (C=O) groups is 1. The molecule has 0 bridgehead atoms. The van der Waals surface area contributed by atoms with Crippen molar-refractivity contribution in [1.82, 2.24) is 5.32 Å². The molecule has 0 spiro atoms. The fraction of sp³-hybridized carbons (Fsp3) is 0.583. The summed E-state index contributed by atoms with van der Waals surface area (Å²) in [6, 6.07) is 3.57. The summed E-state index contributed by atoms with van der Waals surface area (Å²) in [7, 11) is 1.38. The van der Waals surface area contributed by atoms with Gasteiger partial charge in [-0.05, 0) is 77.1 Å². The van der Waals surface area contributed by atoms with Crippen molar-refractivity contribution in [3.05, 3.63) is 29.5 Å². The van der Waals surface area contributed by atoms with E-state index >= 15 is 4.39 Å². The molecular formula is C24H33FN4O3. The number of nitrogens with zero attached hydrogens (tertiary/aromatic N) is 2. The fourth-order valence-electron chi connectivity index (χ4n) is 4.62. The van der Waals surface area contributed by atoms with Crippen molar-refractivity contribution in [1.29, 1.82) is 0 Å². The summed E-state index contributed by atoms with van der Waals surface area (Å²) in [5.41, 5.74) is 8.39. The van der Waals surface area contributed by atoms with Crippen molar-refractivity contribution in [2.24, 2.45) is 10.7 Å². The summed E-state index contributed by atoms with van der Waals surface area (Å²) in [6.45, 7) is 3.66. The maximum Gasteiger partial charge on any atom is 0.414 e. The highest BCUT2D eigenvalue weighted by molar-refractivity contribution is 6.20. The summed E-state index contributed by atoms with van der Waals surface area (Å²) in [4.78, 5) is 18.5. The number of piperidine rings is 1. The van der Waals surface area contributed by atoms with Crippen LogP contribution in [0.5, 0.6) is 5.75 Å². The molecule has 1 saturated heterocycles. The third-order valence-electron chi connectivity index (χ3n) is 6.74. The highest BCUT2D eigenvalue weighted by atomic mass is 19.1. The molecule has 1 amide bonds. The van der Waals surface area contributed by atoms with Gasteiger partial charge in [-0.15, -0.1) is 0 Å². The first-order valence-corrected chi connectivity index (χ1v) is 11.6. The number of allylic oxidation sites excluding steroid dienone is 1. The number of methoxy groups -OCH3 is 1. The quantitative estimate of drug-likeness (QED) is 0.672. The molecule has 0 unspecified atom stereocenters. The lowest BCUT2D eigenvalue weighted by Crippen LogP contribution is -2.42. The second kappa shape index (κ2) is 9.90. The van der Waals surface area contributed by atoms with E-state index in [-0.39, 0.29) is 23.8 Å². The third kappa shape index (κ3) is 4.46. The molecule has 1 aromatic rings. The summed E-state index contributed by atoms with van der Waals surface area (Å²) < 4.78 is 26.8. The van der Waals surface area contributed by atoms with Crippen LogP contribution in [-0.2, 0) is 11.2 Å². The van der Waals surface area contributed by atoms with Gasteiger partial charge in [0.2, 0.25) is 5.97 Å². The molecule has 1 saturated carbocycles. The van der Waals surface area contributed by atoms with Crippen LogP contribution in [0.25, 0.3) is 5.57 Å². The number of hydrogen-bond donors (Lipinski definition) is 2. The topological polar surface area (TPSA) is 89.2 Å². The third-order valence-corrected chi connectivity index (χ3v) is 6.74. The van der Waals surface area contributed by atoms with Gasteiger partial charge in [-0.3, -0.25) is 9.89 Å². The van der Waals surface area contributed by atoms with Crippen LogP contribution >= 0.6 is 0 Å². The molecular weight excluding hydrogens is 411 g/mol. The summed E-state index contributed by atoms with van der Waals surface area (Å²) in [5, 5.41) is 3.27. The molecule has 1 aliphatic carbocycles. The first kappa shape index (κ1) is 22.6. The molecule has 0 radical (unpaired) electrons. The predicted octanol–water partition coefficient (Wildman–Crippen LogP) is 3.95. The zero-order valence-corrected chi connectivity index (χ0v) is 18.9. The average Bonchev–Trinajstić information content (AvgIpc) is 2.77. The largest absolute Gasteiger partial charge is 0.489 e. The van der Waals surface area contributed by atoms with Gasteiger partial charge in [0.1, 0.15) is 5.75 Å². The molecule has 2 fully saturated rings. The van der Waals surface area contributed by atoms with Crippen molar-refractivity contribution in [2.45, 2.75) is 70.1 Å². The molecule has 2 heterocycles. The minimum atomic E-state index is -0.563. The summed E-state index contributed by atoms with van der Waals surface area (Å²) in [6.07, 6.45) is 7.10. The Hall–Kier alpha value is -2.61. The van der Waals surface area contributed by atoms with Gasteiger partial charge in [0.05, 0.1) is 30.5 Å². The van der Waals surface area contributed by atoms with Crippen molar-refractivity contribution in [3.8, 4) is 5.75 Å². The molecule has 1 aromatic carbocycles. The molecule has 4 rings (SSSR count). The minimum absolute atomic E-state index is 0.0000772. The van der Waals surface area contributed by atoms with E-state index in [0.29, 0.717) is 11.3 Å². The van der Waals surface area contributed by atoms with E-state index in [1.54, 1.807) is 11.0 Å². The Morgan fingerprint density at radius 2 is 2.00 bits per heavy atom. The lowest BCUT2D eigenvalue weighted by atomic mass is 9.91. The van der Waals surface area contributed by atoms with Gasteiger partial charge >= 0.3 is 6.09 Å². The Balaban J connectivity index is 1.75. The van der Waals surface area contributed by atoms with E-state index in [0.717, 1.165) is 69.3 Å². The second-order valence-electron chi connectivity index (χ2n) is 8.82. The van der Waals surface area contributed by atoms with Gasteiger partial charge in [0, 0.05) is 23.4 Å². The molecule has 174 valence electrons. The number of benzene rings is 1. The minimum Gasteiger partial charge on any atom is -0.489 e. The van der Waals surface area contributed by atoms with Crippen molar-refractivity contribution in [3.63, 3.8) is 0 Å². The van der Waals surface area contributed by atoms with Crippen molar-refractivity contribution in [2.75, 3.05) is 25.1 Å². The number of ether oxygens (including phenoxy) is 2. The van der Waals surface area contributed by atoms with Gasteiger partial charge in [-0.2, -0.15) is 4.39 Å². The number of rotatable bonds is 5. The smallest absolute Gasteiger partial charge is 0.414 e. The fourth-order valence-corrected chi connectivity index (χ4v) is 4.62. The number of nitrogens with two attached hydrogens (primary N) is 1. The van der Waals surface area contributed by atoms with Crippen LogP contribution in [-0.4, -0.2) is 50.4 Å². The van der Waals surface area contributed by atoms with E-state index in [1.807, 2.05) is 13.0 Å². The molecule has 0 aromatic heterocycles. The van der Waals surface area contributed by atoms with E-state index in [4.69, 9.17) is 15.2 Å². The van der Waals surface area contributed by atoms with Gasteiger partial charge in [-0.25, -0.2) is 4.79 Å². The Kier molecular flexibility index (Phi) is 6.98. The second-order valence-corrected chi connectivity index (χ2v) is 8.82. The first-order valence-electron chi connectivity index (χ1n) is 11.6. The highest BCUT2D eigenvalue weighted by Gasteiger charge is 2.34. The number of amides is 1. The SMILES string of the molecule is COC(=O)N1c2ccc(C(=CN)C(F)=NC3CCNCC3)c(OC3CCC3)c2CC[C@@H]1C. The van der Waals surface area contributed by atoms with E-state index in [9.17, 15) is 4.79 Å². The summed E-state index contributed by atoms with van der Waals surface area (Å²) >= 11 is 0. The number of nitrogens with one attached hydrogen (secondary N) is 1. The number of hydrogen-bond acceptors (Lipinski definition) is 6. The molecule has 2 aliphatic heterocycles. The van der Waals surface area contributed by atoms with E-state index in [2.05, 4.69) is 10.3 Å². The first-order chi connectivity index (χ1) is 15.5. The lowest BCUT2D eigenvalue weighted by molar-refractivity contribution is 0.118. The Labute approximate surface area is 188 Å². The number of halogens is 1.